The lowest BCUT2D eigenvalue weighted by atomic mass is 9.99. The molecule has 1 aliphatic heterocycles. The van der Waals surface area contributed by atoms with Crippen LogP contribution in [0.25, 0.3) is 0 Å². The Morgan fingerprint density at radius 3 is 2.57 bits per heavy atom. The van der Waals surface area contributed by atoms with E-state index in [1.54, 1.807) is 0 Å². The van der Waals surface area contributed by atoms with Crippen molar-refractivity contribution in [1.82, 2.24) is 4.90 Å². The molecule has 2 N–H and O–H groups in total. The molecule has 0 aromatic rings. The van der Waals surface area contributed by atoms with Gasteiger partial charge in [-0.2, -0.15) is 0 Å². The van der Waals surface area contributed by atoms with Crippen molar-refractivity contribution in [2.24, 2.45) is 5.92 Å². The van der Waals surface area contributed by atoms with Gasteiger partial charge in [0.15, 0.2) is 0 Å². The third kappa shape index (κ3) is 3.23. The van der Waals surface area contributed by atoms with Crippen LogP contribution in [0.4, 0.5) is 0 Å². The van der Waals surface area contributed by atoms with Gasteiger partial charge in [0.1, 0.15) is 0 Å². The van der Waals surface area contributed by atoms with E-state index in [1.165, 1.54) is 0 Å². The molecule has 1 rings (SSSR count). The van der Waals surface area contributed by atoms with Gasteiger partial charge in [0.25, 0.3) is 0 Å². The first-order chi connectivity index (χ1) is 6.50. The molecule has 1 saturated heterocycles. The van der Waals surface area contributed by atoms with Crippen molar-refractivity contribution < 1.29 is 10.2 Å². The average Bonchev–Trinajstić information content (AvgIpc) is 2.11. The maximum atomic E-state index is 9.76. The highest BCUT2D eigenvalue weighted by molar-refractivity contribution is 4.80. The second kappa shape index (κ2) is 5.10. The van der Waals surface area contributed by atoms with Crippen molar-refractivity contribution >= 4 is 0 Å². The summed E-state index contributed by atoms with van der Waals surface area (Å²) in [5.41, 5.74) is 0. The van der Waals surface area contributed by atoms with Gasteiger partial charge in [-0.15, -0.1) is 0 Å². The second-order valence-electron chi connectivity index (χ2n) is 4.85. The molecule has 3 unspecified atom stereocenters. The fourth-order valence-electron chi connectivity index (χ4n) is 1.86. The predicted molar refractivity (Wildman–Crippen MR) is 57.1 cm³/mol. The summed E-state index contributed by atoms with van der Waals surface area (Å²) >= 11 is 0. The van der Waals surface area contributed by atoms with Crippen LogP contribution >= 0.6 is 0 Å². The van der Waals surface area contributed by atoms with Crippen molar-refractivity contribution in [3.05, 3.63) is 0 Å². The molecule has 1 aliphatic rings. The van der Waals surface area contributed by atoms with E-state index in [0.29, 0.717) is 25.0 Å². The number of aliphatic hydroxyl groups excluding tert-OH is 2. The third-order valence-electron chi connectivity index (χ3n) is 3.18. The van der Waals surface area contributed by atoms with Crippen molar-refractivity contribution in [2.75, 3.05) is 13.1 Å². The van der Waals surface area contributed by atoms with Gasteiger partial charge in [0, 0.05) is 19.1 Å². The third-order valence-corrected chi connectivity index (χ3v) is 3.18. The van der Waals surface area contributed by atoms with Gasteiger partial charge in [-0.25, -0.2) is 0 Å². The van der Waals surface area contributed by atoms with E-state index in [0.717, 1.165) is 12.8 Å². The summed E-state index contributed by atoms with van der Waals surface area (Å²) in [6, 6.07) is 0.492. The molecule has 0 aromatic heterocycles. The Balaban J connectivity index is 2.41. The summed E-state index contributed by atoms with van der Waals surface area (Å²) in [6.07, 6.45) is 1.45. The van der Waals surface area contributed by atoms with Crippen molar-refractivity contribution in [3.63, 3.8) is 0 Å². The molecule has 1 fully saturated rings. The molecule has 1 heterocycles. The Hall–Kier alpha value is -0.120. The standard InChI is InChI=1S/C11H23NO2/c1-8(2)11(14)7-12-6-10(13)5-4-9(12)3/h8-11,13-14H,4-7H2,1-3H3. The van der Waals surface area contributed by atoms with Gasteiger partial charge in [-0.1, -0.05) is 13.8 Å². The van der Waals surface area contributed by atoms with Crippen molar-refractivity contribution in [3.8, 4) is 0 Å². The van der Waals surface area contributed by atoms with Gasteiger partial charge in [0.05, 0.1) is 12.2 Å². The molecule has 14 heavy (non-hydrogen) atoms. The Labute approximate surface area is 86.7 Å². The normalized spacial score (nSPS) is 32.1. The first-order valence-electron chi connectivity index (χ1n) is 5.61. The van der Waals surface area contributed by atoms with Crippen LogP contribution in [0.5, 0.6) is 0 Å². The lowest BCUT2D eigenvalue weighted by Gasteiger charge is -2.37. The van der Waals surface area contributed by atoms with E-state index in [2.05, 4.69) is 11.8 Å². The molecule has 0 aromatic carbocycles. The van der Waals surface area contributed by atoms with Gasteiger partial charge in [-0.3, -0.25) is 4.90 Å². The zero-order valence-electron chi connectivity index (χ0n) is 9.48. The molecule has 0 amide bonds. The quantitative estimate of drug-likeness (QED) is 0.711. The lowest BCUT2D eigenvalue weighted by Crippen LogP contribution is -2.48. The van der Waals surface area contributed by atoms with Crippen LogP contribution < -0.4 is 0 Å². The highest BCUT2D eigenvalue weighted by Crippen LogP contribution is 2.18. The summed E-state index contributed by atoms with van der Waals surface area (Å²) in [5.74, 6) is 0.293. The molecule has 0 aliphatic carbocycles. The Kier molecular flexibility index (Phi) is 4.35. The Morgan fingerprint density at radius 1 is 1.36 bits per heavy atom. The van der Waals surface area contributed by atoms with Crippen LogP contribution in [0.15, 0.2) is 0 Å². The number of hydrogen-bond acceptors (Lipinski definition) is 3. The molecular formula is C11H23NO2. The fourth-order valence-corrected chi connectivity index (χ4v) is 1.86. The maximum Gasteiger partial charge on any atom is 0.0690 e. The maximum absolute atomic E-state index is 9.76. The first kappa shape index (κ1) is 12.0. The topological polar surface area (TPSA) is 43.7 Å². The molecule has 3 heteroatoms. The number of hydrogen-bond donors (Lipinski definition) is 2. The van der Waals surface area contributed by atoms with Gasteiger partial charge >= 0.3 is 0 Å². The van der Waals surface area contributed by atoms with E-state index in [4.69, 9.17) is 0 Å². The summed E-state index contributed by atoms with van der Waals surface area (Å²) in [6.45, 7) is 7.62. The SMILES string of the molecule is CC(C)C(O)CN1CC(O)CCC1C. The van der Waals surface area contributed by atoms with Crippen LogP contribution in [-0.4, -0.2) is 46.5 Å². The summed E-state index contributed by atoms with van der Waals surface area (Å²) in [5, 5.41) is 19.3. The molecule has 3 nitrogen and oxygen atoms in total. The molecule has 3 atom stereocenters. The highest BCUT2D eigenvalue weighted by atomic mass is 16.3. The van der Waals surface area contributed by atoms with Gasteiger partial charge in [-0.05, 0) is 25.7 Å². The minimum atomic E-state index is -0.275. The largest absolute Gasteiger partial charge is 0.392 e. The summed E-state index contributed by atoms with van der Waals surface area (Å²) in [7, 11) is 0. The monoisotopic (exact) mass is 201 g/mol. The van der Waals surface area contributed by atoms with Gasteiger partial charge in [0.2, 0.25) is 0 Å². The van der Waals surface area contributed by atoms with E-state index in [1.807, 2.05) is 13.8 Å². The Morgan fingerprint density at radius 2 is 2.00 bits per heavy atom. The number of aliphatic hydroxyl groups is 2. The number of piperidine rings is 1. The Bertz CT molecular complexity index is 173. The minimum absolute atomic E-state index is 0.203. The van der Waals surface area contributed by atoms with Crippen LogP contribution in [0.2, 0.25) is 0 Å². The number of rotatable bonds is 3. The van der Waals surface area contributed by atoms with E-state index in [9.17, 15) is 10.2 Å². The molecule has 0 bridgehead atoms. The van der Waals surface area contributed by atoms with Crippen LogP contribution in [0.1, 0.15) is 33.6 Å². The van der Waals surface area contributed by atoms with Crippen molar-refractivity contribution in [2.45, 2.75) is 51.9 Å². The van der Waals surface area contributed by atoms with E-state index >= 15 is 0 Å². The minimum Gasteiger partial charge on any atom is -0.392 e. The smallest absolute Gasteiger partial charge is 0.0690 e. The fraction of sp³-hybridized carbons (Fsp3) is 1.00. The molecule has 0 spiro atoms. The lowest BCUT2D eigenvalue weighted by molar-refractivity contribution is 0.00147. The second-order valence-corrected chi connectivity index (χ2v) is 4.85. The average molecular weight is 201 g/mol. The number of likely N-dealkylation sites (tertiary alicyclic amines) is 1. The van der Waals surface area contributed by atoms with Crippen LogP contribution in [0.3, 0.4) is 0 Å². The van der Waals surface area contributed by atoms with Crippen LogP contribution in [-0.2, 0) is 0 Å². The number of β-amino-alcohol motifs (C(OH)–C–C–N with tert-alkyl or cyclic N) is 2. The molecule has 0 radical (unpaired) electrons. The van der Waals surface area contributed by atoms with Crippen molar-refractivity contribution in [1.29, 1.82) is 0 Å². The molecule has 0 saturated carbocycles. The predicted octanol–water partition coefficient (Wildman–Crippen LogP) is 0.848. The summed E-state index contributed by atoms with van der Waals surface area (Å²) in [4.78, 5) is 2.19. The highest BCUT2D eigenvalue weighted by Gasteiger charge is 2.26. The molecular weight excluding hydrogens is 178 g/mol. The van der Waals surface area contributed by atoms with Crippen LogP contribution in [0, 0.1) is 5.92 Å². The zero-order chi connectivity index (χ0) is 10.7. The summed E-state index contributed by atoms with van der Waals surface area (Å²) < 4.78 is 0. The van der Waals surface area contributed by atoms with Gasteiger partial charge < -0.3 is 10.2 Å². The van der Waals surface area contributed by atoms with E-state index < -0.39 is 0 Å². The first-order valence-corrected chi connectivity index (χ1v) is 5.61. The molecule has 84 valence electrons. The number of nitrogens with zero attached hydrogens (tertiary/aromatic N) is 1. The van der Waals surface area contributed by atoms with E-state index in [-0.39, 0.29) is 12.2 Å². The zero-order valence-corrected chi connectivity index (χ0v) is 9.48.